The smallest absolute Gasteiger partial charge is 0.320 e. The van der Waals surface area contributed by atoms with Crippen molar-refractivity contribution in [2.24, 2.45) is 5.73 Å². The standard InChI is InChI=1S/C6H4F2.C3H7NO2/c7-5-1-2-6(8)4-3-5;1-2(4)3(5)6/h1-4H;2H,4H2,1H3,(H,5,6). The minimum absolute atomic E-state index is 0.411. The third kappa shape index (κ3) is 6.07. The van der Waals surface area contributed by atoms with E-state index in [0.717, 1.165) is 24.3 Å². The molecule has 0 spiro atoms. The predicted octanol–water partition coefficient (Wildman–Crippen LogP) is 1.38. The van der Waals surface area contributed by atoms with Crippen LogP contribution in [0.25, 0.3) is 0 Å². The summed E-state index contributed by atoms with van der Waals surface area (Å²) in [6.45, 7) is 1.42. The zero-order valence-electron chi connectivity index (χ0n) is 7.58. The van der Waals surface area contributed by atoms with Crippen LogP contribution in [0.2, 0.25) is 0 Å². The summed E-state index contributed by atoms with van der Waals surface area (Å²) in [7, 11) is 0. The highest BCUT2D eigenvalue weighted by Crippen LogP contribution is 1.98. The molecule has 0 saturated carbocycles. The third-order valence-corrected chi connectivity index (χ3v) is 1.19. The number of halogens is 2. The quantitative estimate of drug-likeness (QED) is 0.724. The second-order valence-corrected chi connectivity index (χ2v) is 2.56. The first-order valence-electron chi connectivity index (χ1n) is 3.83. The first kappa shape index (κ1) is 12.5. The van der Waals surface area contributed by atoms with Crippen LogP contribution in [0, 0.1) is 11.6 Å². The van der Waals surface area contributed by atoms with Crippen molar-refractivity contribution in [3.63, 3.8) is 0 Å². The molecule has 0 aliphatic heterocycles. The summed E-state index contributed by atoms with van der Waals surface area (Å²) < 4.78 is 23.8. The van der Waals surface area contributed by atoms with Crippen molar-refractivity contribution in [1.29, 1.82) is 0 Å². The van der Waals surface area contributed by atoms with Gasteiger partial charge in [-0.15, -0.1) is 0 Å². The van der Waals surface area contributed by atoms with Crippen molar-refractivity contribution >= 4 is 5.97 Å². The minimum Gasteiger partial charge on any atom is -0.480 e. The van der Waals surface area contributed by atoms with E-state index in [1.165, 1.54) is 6.92 Å². The summed E-state index contributed by atoms with van der Waals surface area (Å²) in [4.78, 5) is 9.57. The van der Waals surface area contributed by atoms with Gasteiger partial charge in [0.25, 0.3) is 0 Å². The Morgan fingerprint density at radius 1 is 1.29 bits per heavy atom. The Balaban J connectivity index is 0.000000255. The highest BCUT2D eigenvalue weighted by molar-refractivity contribution is 5.72. The molecule has 1 rings (SSSR count). The number of carboxylic acid groups (broad SMARTS) is 1. The first-order valence-corrected chi connectivity index (χ1v) is 3.83. The highest BCUT2D eigenvalue weighted by atomic mass is 19.1. The van der Waals surface area contributed by atoms with Gasteiger partial charge in [0.05, 0.1) is 0 Å². The number of hydrogen-bond acceptors (Lipinski definition) is 2. The van der Waals surface area contributed by atoms with Crippen molar-refractivity contribution in [3.05, 3.63) is 35.9 Å². The lowest BCUT2D eigenvalue weighted by atomic mass is 10.3. The van der Waals surface area contributed by atoms with E-state index in [0.29, 0.717) is 0 Å². The Bertz CT molecular complexity index is 264. The molecule has 1 atom stereocenters. The van der Waals surface area contributed by atoms with Gasteiger partial charge in [0.1, 0.15) is 17.7 Å². The maximum absolute atomic E-state index is 11.9. The monoisotopic (exact) mass is 203 g/mol. The molecule has 0 aliphatic carbocycles. The first-order chi connectivity index (χ1) is 6.43. The lowest BCUT2D eigenvalue weighted by molar-refractivity contribution is -0.138. The van der Waals surface area contributed by atoms with E-state index in [1.807, 2.05) is 0 Å². The molecule has 5 heteroatoms. The summed E-state index contributed by atoms with van der Waals surface area (Å²) in [6.07, 6.45) is 0. The molecule has 0 saturated heterocycles. The van der Waals surface area contributed by atoms with Gasteiger partial charge in [-0.1, -0.05) is 0 Å². The molecule has 3 nitrogen and oxygen atoms in total. The van der Waals surface area contributed by atoms with Crippen LogP contribution in [0.4, 0.5) is 8.78 Å². The summed E-state index contributed by atoms with van der Waals surface area (Å²) in [5, 5.41) is 7.87. The van der Waals surface area contributed by atoms with Gasteiger partial charge in [-0.25, -0.2) is 8.78 Å². The molecule has 78 valence electrons. The second kappa shape index (κ2) is 6.04. The summed E-state index contributed by atoms with van der Waals surface area (Å²) >= 11 is 0. The van der Waals surface area contributed by atoms with E-state index in [9.17, 15) is 13.6 Å². The fourth-order valence-corrected chi connectivity index (χ4v) is 0.430. The number of nitrogens with two attached hydrogens (primary N) is 1. The van der Waals surface area contributed by atoms with Crippen LogP contribution in [-0.2, 0) is 4.79 Å². The van der Waals surface area contributed by atoms with Crippen LogP contribution in [0.1, 0.15) is 6.92 Å². The van der Waals surface area contributed by atoms with Crippen LogP contribution < -0.4 is 5.73 Å². The maximum Gasteiger partial charge on any atom is 0.320 e. The van der Waals surface area contributed by atoms with Gasteiger partial charge in [0, 0.05) is 0 Å². The fraction of sp³-hybridized carbons (Fsp3) is 0.222. The molecule has 14 heavy (non-hydrogen) atoms. The summed E-state index contributed by atoms with van der Waals surface area (Å²) in [5.41, 5.74) is 4.84. The molecule has 0 bridgehead atoms. The van der Waals surface area contributed by atoms with Crippen molar-refractivity contribution in [3.8, 4) is 0 Å². The van der Waals surface area contributed by atoms with Gasteiger partial charge in [0.2, 0.25) is 0 Å². The van der Waals surface area contributed by atoms with E-state index in [-0.39, 0.29) is 0 Å². The fourth-order valence-electron chi connectivity index (χ4n) is 0.430. The molecular formula is C9H11F2NO2. The number of carbonyl (C=O) groups is 1. The van der Waals surface area contributed by atoms with Crippen LogP contribution in [-0.4, -0.2) is 17.1 Å². The van der Waals surface area contributed by atoms with Crippen LogP contribution in [0.3, 0.4) is 0 Å². The van der Waals surface area contributed by atoms with Gasteiger partial charge < -0.3 is 10.8 Å². The Kier molecular flexibility index (Phi) is 5.40. The van der Waals surface area contributed by atoms with Gasteiger partial charge >= 0.3 is 5.97 Å². The average Bonchev–Trinajstić information content (AvgIpc) is 2.11. The largest absolute Gasteiger partial charge is 0.480 e. The zero-order chi connectivity index (χ0) is 11.1. The SMILES string of the molecule is CC(N)C(=O)O.Fc1ccc(F)cc1. The number of benzene rings is 1. The Hall–Kier alpha value is -1.49. The minimum atomic E-state index is -0.963. The van der Waals surface area contributed by atoms with E-state index in [1.54, 1.807) is 0 Å². The Labute approximate surface area is 80.2 Å². The Morgan fingerprint density at radius 3 is 1.64 bits per heavy atom. The van der Waals surface area contributed by atoms with Crippen molar-refractivity contribution in [2.45, 2.75) is 13.0 Å². The zero-order valence-corrected chi connectivity index (χ0v) is 7.58. The van der Waals surface area contributed by atoms with Crippen LogP contribution in [0.5, 0.6) is 0 Å². The van der Waals surface area contributed by atoms with E-state index < -0.39 is 23.6 Å². The van der Waals surface area contributed by atoms with Gasteiger partial charge in [-0.05, 0) is 31.2 Å². The third-order valence-electron chi connectivity index (χ3n) is 1.19. The summed E-state index contributed by atoms with van der Waals surface area (Å²) in [5.74, 6) is -1.78. The number of rotatable bonds is 1. The van der Waals surface area contributed by atoms with Crippen molar-refractivity contribution in [2.75, 3.05) is 0 Å². The number of carboxylic acids is 1. The molecule has 0 radical (unpaired) electrons. The van der Waals surface area contributed by atoms with Crippen LogP contribution in [0.15, 0.2) is 24.3 Å². The molecule has 3 N–H and O–H groups in total. The molecule has 1 aromatic rings. The van der Waals surface area contributed by atoms with Crippen LogP contribution >= 0.6 is 0 Å². The molecule has 0 aliphatic rings. The number of aliphatic carboxylic acids is 1. The van der Waals surface area contributed by atoms with E-state index in [2.05, 4.69) is 0 Å². The van der Waals surface area contributed by atoms with Gasteiger partial charge in [-0.3, -0.25) is 4.79 Å². The maximum atomic E-state index is 11.9. The lowest BCUT2D eigenvalue weighted by Crippen LogP contribution is -2.25. The number of hydrogen-bond donors (Lipinski definition) is 2. The second-order valence-electron chi connectivity index (χ2n) is 2.56. The molecule has 0 heterocycles. The van der Waals surface area contributed by atoms with Crippen molar-refractivity contribution in [1.82, 2.24) is 0 Å². The lowest BCUT2D eigenvalue weighted by Gasteiger charge is -1.90. The van der Waals surface area contributed by atoms with Gasteiger partial charge in [0.15, 0.2) is 0 Å². The molecule has 1 unspecified atom stereocenters. The molecule has 0 aromatic heterocycles. The normalized spacial score (nSPS) is 11.1. The predicted molar refractivity (Wildman–Crippen MR) is 47.6 cm³/mol. The molecule has 0 fully saturated rings. The topological polar surface area (TPSA) is 63.3 Å². The van der Waals surface area contributed by atoms with Gasteiger partial charge in [-0.2, -0.15) is 0 Å². The summed E-state index contributed by atoms with van der Waals surface area (Å²) in [6, 6.07) is 3.58. The Morgan fingerprint density at radius 2 is 1.50 bits per heavy atom. The average molecular weight is 203 g/mol. The van der Waals surface area contributed by atoms with E-state index in [4.69, 9.17) is 10.8 Å². The molecule has 0 amide bonds. The molecular weight excluding hydrogens is 192 g/mol. The van der Waals surface area contributed by atoms with E-state index >= 15 is 0 Å². The van der Waals surface area contributed by atoms with Crippen molar-refractivity contribution < 1.29 is 18.7 Å². The molecule has 1 aromatic carbocycles. The highest BCUT2D eigenvalue weighted by Gasteiger charge is 1.99.